The number of urea groups is 1. The summed E-state index contributed by atoms with van der Waals surface area (Å²) in [4.78, 5) is 16.8. The van der Waals surface area contributed by atoms with Crippen LogP contribution in [0.4, 0.5) is 4.79 Å². The molecule has 0 aromatic carbocycles. The van der Waals surface area contributed by atoms with Crippen molar-refractivity contribution in [3.05, 3.63) is 0 Å². The lowest BCUT2D eigenvalue weighted by molar-refractivity contribution is 0.167. The van der Waals surface area contributed by atoms with Crippen molar-refractivity contribution in [2.45, 2.75) is 91.3 Å². The Morgan fingerprint density at radius 3 is 2.23 bits per heavy atom. The molecule has 3 heteroatoms. The third kappa shape index (κ3) is 3.60. The number of nitrogens with zero attached hydrogens (tertiary/aromatic N) is 2. The van der Waals surface area contributed by atoms with Gasteiger partial charge in [0.15, 0.2) is 0 Å². The molecule has 0 spiro atoms. The molecule has 0 radical (unpaired) electrons. The zero-order valence-corrected chi connectivity index (χ0v) is 15.5. The van der Waals surface area contributed by atoms with E-state index in [-0.39, 0.29) is 6.03 Å². The largest absolute Gasteiger partial charge is 0.323 e. The number of hydrogen-bond acceptors (Lipinski definition) is 1. The summed E-state index contributed by atoms with van der Waals surface area (Å²) in [5.41, 5.74) is 0. The summed E-state index contributed by atoms with van der Waals surface area (Å²) < 4.78 is 0. The topological polar surface area (TPSA) is 23.6 Å². The quantitative estimate of drug-likeness (QED) is 0.721. The Bertz CT molecular complexity index is 380. The lowest BCUT2D eigenvalue weighted by atomic mass is 9.79. The van der Waals surface area contributed by atoms with Crippen LogP contribution in [0.2, 0.25) is 0 Å². The number of carbonyl (C=O) groups is 1. The van der Waals surface area contributed by atoms with Crippen molar-refractivity contribution in [3.63, 3.8) is 0 Å². The molecule has 128 valence electrons. The summed E-state index contributed by atoms with van der Waals surface area (Å²) in [7, 11) is 2.01. The average Bonchev–Trinajstić information content (AvgIpc) is 2.66. The van der Waals surface area contributed by atoms with Crippen molar-refractivity contribution in [3.8, 4) is 0 Å². The summed E-state index contributed by atoms with van der Waals surface area (Å²) in [5.74, 6) is 2.35. The highest BCUT2D eigenvalue weighted by Crippen LogP contribution is 2.36. The highest BCUT2D eigenvalue weighted by atomic mass is 16.2. The molecule has 4 atom stereocenters. The van der Waals surface area contributed by atoms with Gasteiger partial charge in [0.2, 0.25) is 0 Å². The Morgan fingerprint density at radius 2 is 1.64 bits per heavy atom. The number of likely N-dealkylation sites (N-methyl/N-ethyl adjacent to an activating group) is 1. The number of fused-ring (bicyclic) bond motifs is 1. The van der Waals surface area contributed by atoms with Gasteiger partial charge in [-0.3, -0.25) is 0 Å². The molecule has 0 aromatic rings. The van der Waals surface area contributed by atoms with Crippen LogP contribution in [0.3, 0.4) is 0 Å². The Kier molecular flexibility index (Phi) is 5.79. The third-order valence-electron chi connectivity index (χ3n) is 5.99. The summed E-state index contributed by atoms with van der Waals surface area (Å²) in [5, 5.41) is 0. The SMILES string of the molecule is CC1CC(C(C)C)CCCCC2C(C1)N(C)C(=O)N2C(C)C. The van der Waals surface area contributed by atoms with E-state index in [0.29, 0.717) is 24.0 Å². The van der Waals surface area contributed by atoms with Crippen molar-refractivity contribution in [1.82, 2.24) is 9.80 Å². The van der Waals surface area contributed by atoms with Crippen LogP contribution in [0.5, 0.6) is 0 Å². The Morgan fingerprint density at radius 1 is 1.00 bits per heavy atom. The fourth-order valence-corrected chi connectivity index (χ4v) is 4.67. The summed E-state index contributed by atoms with van der Waals surface area (Å²) >= 11 is 0. The molecule has 4 unspecified atom stereocenters. The Hall–Kier alpha value is -0.730. The molecule has 0 bridgehead atoms. The van der Waals surface area contributed by atoms with Crippen molar-refractivity contribution >= 4 is 6.03 Å². The lowest BCUT2D eigenvalue weighted by Crippen LogP contribution is -2.42. The second-order valence-corrected chi connectivity index (χ2v) is 8.39. The van der Waals surface area contributed by atoms with Gasteiger partial charge >= 0.3 is 6.03 Å². The van der Waals surface area contributed by atoms with Gasteiger partial charge in [-0.05, 0) is 50.9 Å². The first kappa shape index (κ1) is 17.6. The van der Waals surface area contributed by atoms with Gasteiger partial charge < -0.3 is 9.80 Å². The van der Waals surface area contributed by atoms with Gasteiger partial charge in [0.25, 0.3) is 0 Å². The van der Waals surface area contributed by atoms with Gasteiger partial charge in [0.1, 0.15) is 0 Å². The van der Waals surface area contributed by atoms with Crippen LogP contribution in [-0.4, -0.2) is 41.0 Å². The highest BCUT2D eigenvalue weighted by Gasteiger charge is 2.45. The van der Waals surface area contributed by atoms with E-state index in [2.05, 4.69) is 39.5 Å². The first-order valence-electron chi connectivity index (χ1n) is 9.38. The minimum Gasteiger partial charge on any atom is -0.323 e. The minimum atomic E-state index is 0.247. The van der Waals surface area contributed by atoms with E-state index in [4.69, 9.17) is 0 Å². The molecule has 2 rings (SSSR count). The molecule has 1 heterocycles. The van der Waals surface area contributed by atoms with E-state index in [1.54, 1.807) is 0 Å². The number of amides is 2. The maximum absolute atomic E-state index is 12.6. The van der Waals surface area contributed by atoms with E-state index < -0.39 is 0 Å². The lowest BCUT2D eigenvalue weighted by Gasteiger charge is -2.34. The fourth-order valence-electron chi connectivity index (χ4n) is 4.67. The van der Waals surface area contributed by atoms with Crippen molar-refractivity contribution in [1.29, 1.82) is 0 Å². The average molecular weight is 309 g/mol. The van der Waals surface area contributed by atoms with E-state index in [9.17, 15) is 4.79 Å². The molecular formula is C19H36N2O. The van der Waals surface area contributed by atoms with Crippen LogP contribution in [-0.2, 0) is 0 Å². The van der Waals surface area contributed by atoms with Crippen molar-refractivity contribution < 1.29 is 4.79 Å². The fraction of sp³-hybridized carbons (Fsp3) is 0.947. The zero-order valence-electron chi connectivity index (χ0n) is 15.5. The van der Waals surface area contributed by atoms with E-state index >= 15 is 0 Å². The molecule has 3 nitrogen and oxygen atoms in total. The molecule has 1 saturated carbocycles. The number of hydrogen-bond donors (Lipinski definition) is 0. The normalized spacial score (nSPS) is 34.5. The predicted octanol–water partition coefficient (Wildman–Crippen LogP) is 4.76. The van der Waals surface area contributed by atoms with Gasteiger partial charge in [-0.2, -0.15) is 0 Å². The number of carbonyl (C=O) groups excluding carboxylic acids is 1. The van der Waals surface area contributed by atoms with Crippen LogP contribution in [0.1, 0.15) is 73.1 Å². The molecular weight excluding hydrogens is 272 g/mol. The maximum atomic E-state index is 12.6. The Labute approximate surface area is 137 Å². The summed E-state index contributed by atoms with van der Waals surface area (Å²) in [6, 6.07) is 1.40. The zero-order chi connectivity index (χ0) is 16.4. The molecule has 2 amide bonds. The first-order chi connectivity index (χ1) is 10.3. The molecule has 1 saturated heterocycles. The molecule has 2 fully saturated rings. The smallest absolute Gasteiger partial charge is 0.320 e. The van der Waals surface area contributed by atoms with Gasteiger partial charge in [0, 0.05) is 13.1 Å². The molecule has 1 aliphatic carbocycles. The molecule has 22 heavy (non-hydrogen) atoms. The van der Waals surface area contributed by atoms with E-state index in [0.717, 1.165) is 11.8 Å². The number of rotatable bonds is 2. The monoisotopic (exact) mass is 308 g/mol. The maximum Gasteiger partial charge on any atom is 0.320 e. The van der Waals surface area contributed by atoms with Crippen LogP contribution in [0.15, 0.2) is 0 Å². The van der Waals surface area contributed by atoms with Crippen LogP contribution >= 0.6 is 0 Å². The van der Waals surface area contributed by atoms with Crippen LogP contribution < -0.4 is 0 Å². The van der Waals surface area contributed by atoms with Crippen molar-refractivity contribution in [2.24, 2.45) is 17.8 Å². The summed E-state index contributed by atoms with van der Waals surface area (Å²) in [6.07, 6.45) is 7.62. The Balaban J connectivity index is 2.16. The minimum absolute atomic E-state index is 0.247. The third-order valence-corrected chi connectivity index (χ3v) is 5.99. The molecule has 2 aliphatic rings. The highest BCUT2D eigenvalue weighted by molar-refractivity contribution is 5.78. The summed E-state index contributed by atoms with van der Waals surface area (Å²) in [6.45, 7) is 11.5. The second-order valence-electron chi connectivity index (χ2n) is 8.39. The first-order valence-corrected chi connectivity index (χ1v) is 9.38. The molecule has 0 aromatic heterocycles. The molecule has 0 N–H and O–H groups in total. The van der Waals surface area contributed by atoms with Gasteiger partial charge in [-0.15, -0.1) is 0 Å². The van der Waals surface area contributed by atoms with Gasteiger partial charge in [-0.1, -0.05) is 40.0 Å². The second kappa shape index (κ2) is 7.23. The van der Waals surface area contributed by atoms with Gasteiger partial charge in [-0.25, -0.2) is 4.79 Å². The van der Waals surface area contributed by atoms with Gasteiger partial charge in [0.05, 0.1) is 12.1 Å². The standard InChI is InChI=1S/C19H36N2O/c1-13(2)16-9-7-8-10-17-18(12-15(5)11-16)20(6)19(22)21(17)14(3)4/h13-18H,7-12H2,1-6H3. The van der Waals surface area contributed by atoms with E-state index in [1.807, 2.05) is 11.9 Å². The van der Waals surface area contributed by atoms with Crippen LogP contribution in [0, 0.1) is 17.8 Å². The van der Waals surface area contributed by atoms with Crippen molar-refractivity contribution in [2.75, 3.05) is 7.05 Å². The molecule has 1 aliphatic heterocycles. The van der Waals surface area contributed by atoms with E-state index in [1.165, 1.54) is 38.5 Å². The predicted molar refractivity (Wildman–Crippen MR) is 92.9 cm³/mol. The van der Waals surface area contributed by atoms with Crippen LogP contribution in [0.25, 0.3) is 0 Å².